The predicted molar refractivity (Wildman–Crippen MR) is 74.5 cm³/mol. The van der Waals surface area contributed by atoms with E-state index >= 15 is 0 Å². The highest BCUT2D eigenvalue weighted by Gasteiger charge is 2.16. The second-order valence-electron chi connectivity index (χ2n) is 5.24. The molecule has 3 rings (SSSR count). The summed E-state index contributed by atoms with van der Waals surface area (Å²) in [5, 5.41) is 11.7. The van der Waals surface area contributed by atoms with Crippen molar-refractivity contribution in [1.82, 2.24) is 14.9 Å². The fourth-order valence-electron chi connectivity index (χ4n) is 2.50. The zero-order valence-corrected chi connectivity index (χ0v) is 11.9. The Bertz CT molecular complexity index is 550. The van der Waals surface area contributed by atoms with Crippen LogP contribution in [0.4, 0.5) is 5.69 Å². The number of nitrogens with one attached hydrogen (secondary N) is 1. The van der Waals surface area contributed by atoms with E-state index in [4.69, 9.17) is 9.26 Å². The van der Waals surface area contributed by atoms with Crippen molar-refractivity contribution < 1.29 is 9.26 Å². The summed E-state index contributed by atoms with van der Waals surface area (Å²) < 4.78 is 12.7. The van der Waals surface area contributed by atoms with E-state index in [2.05, 4.69) is 15.6 Å². The smallest absolute Gasteiger partial charge is 0.138 e. The Morgan fingerprint density at radius 2 is 2.35 bits per heavy atom. The molecule has 1 fully saturated rings. The van der Waals surface area contributed by atoms with Gasteiger partial charge in [-0.1, -0.05) is 5.16 Å². The Balaban J connectivity index is 1.57. The third-order valence-corrected chi connectivity index (χ3v) is 3.70. The van der Waals surface area contributed by atoms with E-state index in [1.54, 1.807) is 0 Å². The summed E-state index contributed by atoms with van der Waals surface area (Å²) in [6, 6.07) is 0. The molecular formula is C14H20N4O2. The Labute approximate surface area is 118 Å². The van der Waals surface area contributed by atoms with Crippen LogP contribution in [0.25, 0.3) is 0 Å². The first-order valence-corrected chi connectivity index (χ1v) is 7.02. The first kappa shape index (κ1) is 13.2. The number of hydrogen-bond donors (Lipinski definition) is 1. The molecule has 0 radical (unpaired) electrons. The lowest BCUT2D eigenvalue weighted by Gasteiger charge is -2.08. The number of nitrogens with zero attached hydrogens (tertiary/aromatic N) is 3. The van der Waals surface area contributed by atoms with E-state index in [-0.39, 0.29) is 0 Å². The van der Waals surface area contributed by atoms with Crippen molar-refractivity contribution in [3.63, 3.8) is 0 Å². The zero-order chi connectivity index (χ0) is 13.9. The standard InChI is InChI=1S/C14H20N4O2/c1-10-14(11(2)20-17-10)7-15-12-6-16-18(8-12)9-13-4-3-5-19-13/h6,8,13,15H,3-5,7,9H2,1-2H3. The molecule has 1 atom stereocenters. The molecule has 0 saturated carbocycles. The molecule has 2 aromatic rings. The maximum absolute atomic E-state index is 5.61. The number of ether oxygens (including phenoxy) is 1. The number of aryl methyl sites for hydroxylation is 2. The van der Waals surface area contributed by atoms with Crippen LogP contribution < -0.4 is 5.32 Å². The predicted octanol–water partition coefficient (Wildman–Crippen LogP) is 2.28. The van der Waals surface area contributed by atoms with E-state index in [9.17, 15) is 0 Å². The van der Waals surface area contributed by atoms with Gasteiger partial charge in [-0.15, -0.1) is 0 Å². The second kappa shape index (κ2) is 5.66. The van der Waals surface area contributed by atoms with Gasteiger partial charge in [0.2, 0.25) is 0 Å². The molecule has 0 spiro atoms. The van der Waals surface area contributed by atoms with Crippen molar-refractivity contribution in [2.75, 3.05) is 11.9 Å². The SMILES string of the molecule is Cc1noc(C)c1CNc1cnn(CC2CCCO2)c1. The molecule has 6 nitrogen and oxygen atoms in total. The first-order chi connectivity index (χ1) is 9.72. The van der Waals surface area contributed by atoms with E-state index in [1.807, 2.05) is 30.9 Å². The highest BCUT2D eigenvalue weighted by atomic mass is 16.5. The molecule has 1 aliphatic heterocycles. The summed E-state index contributed by atoms with van der Waals surface area (Å²) >= 11 is 0. The van der Waals surface area contributed by atoms with Crippen molar-refractivity contribution in [2.24, 2.45) is 0 Å². The molecule has 2 aromatic heterocycles. The zero-order valence-electron chi connectivity index (χ0n) is 11.9. The normalized spacial score (nSPS) is 18.6. The first-order valence-electron chi connectivity index (χ1n) is 7.02. The fraction of sp³-hybridized carbons (Fsp3) is 0.571. The van der Waals surface area contributed by atoms with Crippen LogP contribution in [0.15, 0.2) is 16.9 Å². The average Bonchev–Trinajstić information content (AvgIpc) is 3.14. The lowest BCUT2D eigenvalue weighted by atomic mass is 10.2. The molecule has 0 aliphatic carbocycles. The highest BCUT2D eigenvalue weighted by Crippen LogP contribution is 2.17. The van der Waals surface area contributed by atoms with E-state index in [0.29, 0.717) is 12.6 Å². The topological polar surface area (TPSA) is 65.1 Å². The minimum absolute atomic E-state index is 0.310. The minimum Gasteiger partial charge on any atom is -0.378 e. The van der Waals surface area contributed by atoms with Gasteiger partial charge in [0.05, 0.1) is 30.2 Å². The third-order valence-electron chi connectivity index (χ3n) is 3.70. The maximum Gasteiger partial charge on any atom is 0.138 e. The van der Waals surface area contributed by atoms with Crippen molar-refractivity contribution in [2.45, 2.75) is 45.9 Å². The number of rotatable bonds is 5. The van der Waals surface area contributed by atoms with Crippen LogP contribution in [0.5, 0.6) is 0 Å². The van der Waals surface area contributed by atoms with Gasteiger partial charge < -0.3 is 14.6 Å². The maximum atomic E-state index is 5.61. The number of hydrogen-bond acceptors (Lipinski definition) is 5. The summed E-state index contributed by atoms with van der Waals surface area (Å²) in [6.07, 6.45) is 6.45. The van der Waals surface area contributed by atoms with E-state index < -0.39 is 0 Å². The molecule has 20 heavy (non-hydrogen) atoms. The van der Waals surface area contributed by atoms with E-state index in [1.165, 1.54) is 0 Å². The van der Waals surface area contributed by atoms with Crippen LogP contribution in [0.3, 0.4) is 0 Å². The van der Waals surface area contributed by atoms with Crippen LogP contribution in [0.1, 0.15) is 29.9 Å². The Morgan fingerprint density at radius 3 is 3.05 bits per heavy atom. The molecule has 0 bridgehead atoms. The highest BCUT2D eigenvalue weighted by molar-refractivity contribution is 5.40. The summed E-state index contributed by atoms with van der Waals surface area (Å²) in [5.74, 6) is 0.863. The molecule has 0 aromatic carbocycles. The van der Waals surface area contributed by atoms with Crippen LogP contribution in [0, 0.1) is 13.8 Å². The molecule has 1 N–H and O–H groups in total. The Hall–Kier alpha value is -1.82. The molecule has 1 unspecified atom stereocenters. The van der Waals surface area contributed by atoms with Gasteiger partial charge >= 0.3 is 0 Å². The monoisotopic (exact) mass is 276 g/mol. The van der Waals surface area contributed by atoms with Crippen molar-refractivity contribution in [1.29, 1.82) is 0 Å². The van der Waals surface area contributed by atoms with Gasteiger partial charge in [0.25, 0.3) is 0 Å². The molecule has 1 aliphatic rings. The Kier molecular flexibility index (Phi) is 3.73. The quantitative estimate of drug-likeness (QED) is 0.907. The van der Waals surface area contributed by atoms with Crippen LogP contribution in [-0.2, 0) is 17.8 Å². The van der Waals surface area contributed by atoms with Crippen molar-refractivity contribution in [3.8, 4) is 0 Å². The van der Waals surface area contributed by atoms with Gasteiger partial charge in [-0.2, -0.15) is 5.10 Å². The van der Waals surface area contributed by atoms with Gasteiger partial charge in [-0.3, -0.25) is 4.68 Å². The molecular weight excluding hydrogens is 256 g/mol. The number of anilines is 1. The summed E-state index contributed by atoms with van der Waals surface area (Å²) in [7, 11) is 0. The third kappa shape index (κ3) is 2.85. The lowest BCUT2D eigenvalue weighted by Crippen LogP contribution is -2.15. The van der Waals surface area contributed by atoms with Crippen molar-refractivity contribution in [3.05, 3.63) is 29.4 Å². The lowest BCUT2D eigenvalue weighted by molar-refractivity contribution is 0.0940. The van der Waals surface area contributed by atoms with Crippen LogP contribution >= 0.6 is 0 Å². The Morgan fingerprint density at radius 1 is 1.45 bits per heavy atom. The van der Waals surface area contributed by atoms with Crippen molar-refractivity contribution >= 4 is 5.69 Å². The van der Waals surface area contributed by atoms with Crippen LogP contribution in [-0.4, -0.2) is 27.6 Å². The minimum atomic E-state index is 0.310. The van der Waals surface area contributed by atoms with Gasteiger partial charge in [0, 0.05) is 24.9 Å². The molecule has 108 valence electrons. The number of aromatic nitrogens is 3. The van der Waals surface area contributed by atoms with Gasteiger partial charge in [0.1, 0.15) is 5.76 Å². The fourth-order valence-corrected chi connectivity index (χ4v) is 2.50. The van der Waals surface area contributed by atoms with Gasteiger partial charge in [0.15, 0.2) is 0 Å². The summed E-state index contributed by atoms with van der Waals surface area (Å²) in [4.78, 5) is 0. The molecule has 1 saturated heterocycles. The van der Waals surface area contributed by atoms with Gasteiger partial charge in [-0.25, -0.2) is 0 Å². The summed E-state index contributed by atoms with van der Waals surface area (Å²) in [6.45, 7) is 6.29. The van der Waals surface area contributed by atoms with Gasteiger partial charge in [-0.05, 0) is 26.7 Å². The molecule has 6 heteroatoms. The summed E-state index contributed by atoms with van der Waals surface area (Å²) in [5.41, 5.74) is 3.04. The second-order valence-corrected chi connectivity index (χ2v) is 5.24. The molecule has 0 amide bonds. The molecule has 3 heterocycles. The largest absolute Gasteiger partial charge is 0.378 e. The van der Waals surface area contributed by atoms with Crippen LogP contribution in [0.2, 0.25) is 0 Å². The average molecular weight is 276 g/mol. The van der Waals surface area contributed by atoms with E-state index in [0.717, 1.165) is 48.7 Å².